The SMILES string of the molecule is COc1ccc2c3c1OC1CC(O)C=CC31CCCC2. The van der Waals surface area contributed by atoms with Crippen LogP contribution in [-0.4, -0.2) is 24.4 Å². The molecule has 0 bridgehead atoms. The Balaban J connectivity index is 1.96. The van der Waals surface area contributed by atoms with E-state index < -0.39 is 6.10 Å². The number of aryl methyl sites for hydroxylation is 1. The summed E-state index contributed by atoms with van der Waals surface area (Å²) < 4.78 is 11.7. The van der Waals surface area contributed by atoms with Gasteiger partial charge in [0.1, 0.15) is 6.10 Å². The van der Waals surface area contributed by atoms with Crippen molar-refractivity contribution in [1.29, 1.82) is 0 Å². The van der Waals surface area contributed by atoms with Crippen molar-refractivity contribution in [1.82, 2.24) is 0 Å². The Labute approximate surface area is 119 Å². The molecule has 0 saturated carbocycles. The van der Waals surface area contributed by atoms with Crippen LogP contribution in [-0.2, 0) is 11.8 Å². The Bertz CT molecular complexity index is 578. The van der Waals surface area contributed by atoms with Crippen LogP contribution in [0.15, 0.2) is 24.3 Å². The fourth-order valence-electron chi connectivity index (χ4n) is 4.14. The standard InChI is InChI=1S/C17H20O3/c1-19-13-6-5-11-4-2-3-8-17-9-7-12(18)10-14(17)20-16(13)15(11)17/h5-7,9,12,14,18H,2-4,8,10H2,1H3. The Hall–Kier alpha value is -1.48. The Kier molecular flexibility index (Phi) is 2.61. The first-order valence-electron chi connectivity index (χ1n) is 7.49. The molecule has 0 fully saturated rings. The average Bonchev–Trinajstić information content (AvgIpc) is 2.66. The minimum absolute atomic E-state index is 0.0467. The zero-order valence-electron chi connectivity index (χ0n) is 11.8. The minimum atomic E-state index is -0.391. The summed E-state index contributed by atoms with van der Waals surface area (Å²) in [7, 11) is 1.69. The van der Waals surface area contributed by atoms with Gasteiger partial charge in [0.15, 0.2) is 11.5 Å². The molecule has 1 aromatic rings. The van der Waals surface area contributed by atoms with Crippen molar-refractivity contribution in [3.63, 3.8) is 0 Å². The zero-order chi connectivity index (χ0) is 13.7. The van der Waals surface area contributed by atoms with Gasteiger partial charge in [-0.3, -0.25) is 0 Å². The van der Waals surface area contributed by atoms with Gasteiger partial charge in [0.05, 0.1) is 18.6 Å². The molecule has 3 unspecified atom stereocenters. The van der Waals surface area contributed by atoms with Gasteiger partial charge in [0.25, 0.3) is 0 Å². The second-order valence-corrected chi connectivity index (χ2v) is 6.15. The molecule has 1 N–H and O–H groups in total. The molecule has 1 aliphatic heterocycles. The fraction of sp³-hybridized carbons (Fsp3) is 0.529. The molecular formula is C17H20O3. The van der Waals surface area contributed by atoms with Gasteiger partial charge in [-0.25, -0.2) is 0 Å². The second kappa shape index (κ2) is 4.26. The lowest BCUT2D eigenvalue weighted by Crippen LogP contribution is -2.41. The molecule has 3 aliphatic rings. The van der Waals surface area contributed by atoms with Crippen LogP contribution in [0.5, 0.6) is 11.5 Å². The first-order valence-corrected chi connectivity index (χ1v) is 7.49. The number of ether oxygens (including phenoxy) is 2. The normalized spacial score (nSPS) is 33.9. The zero-order valence-corrected chi connectivity index (χ0v) is 11.8. The van der Waals surface area contributed by atoms with Gasteiger partial charge in [0, 0.05) is 12.0 Å². The number of aliphatic hydroxyl groups excluding tert-OH is 1. The molecule has 2 aliphatic carbocycles. The third-order valence-corrected chi connectivity index (χ3v) is 5.09. The molecular weight excluding hydrogens is 252 g/mol. The van der Waals surface area contributed by atoms with E-state index in [1.807, 2.05) is 12.1 Å². The van der Waals surface area contributed by atoms with Crippen LogP contribution >= 0.6 is 0 Å². The number of rotatable bonds is 1. The third kappa shape index (κ3) is 1.50. The molecule has 20 heavy (non-hydrogen) atoms. The van der Waals surface area contributed by atoms with Crippen LogP contribution in [0.4, 0.5) is 0 Å². The third-order valence-electron chi connectivity index (χ3n) is 5.09. The monoisotopic (exact) mass is 272 g/mol. The summed E-state index contributed by atoms with van der Waals surface area (Å²) in [5.41, 5.74) is 2.67. The first kappa shape index (κ1) is 12.3. The predicted octanol–water partition coefficient (Wildman–Crippen LogP) is 2.74. The highest BCUT2D eigenvalue weighted by Crippen LogP contribution is 2.56. The lowest BCUT2D eigenvalue weighted by molar-refractivity contribution is 0.0842. The summed E-state index contributed by atoms with van der Waals surface area (Å²) >= 11 is 0. The predicted molar refractivity (Wildman–Crippen MR) is 76.4 cm³/mol. The van der Waals surface area contributed by atoms with E-state index in [0.717, 1.165) is 24.3 Å². The molecule has 0 aromatic heterocycles. The van der Waals surface area contributed by atoms with Crippen LogP contribution in [0.3, 0.4) is 0 Å². The number of aliphatic hydroxyl groups is 1. The van der Waals surface area contributed by atoms with Crippen molar-refractivity contribution >= 4 is 0 Å². The molecule has 1 aromatic carbocycles. The highest BCUT2D eigenvalue weighted by Gasteiger charge is 2.51. The maximum Gasteiger partial charge on any atom is 0.166 e. The Morgan fingerprint density at radius 2 is 2.25 bits per heavy atom. The largest absolute Gasteiger partial charge is 0.493 e. The number of methoxy groups -OCH3 is 1. The number of hydrogen-bond acceptors (Lipinski definition) is 3. The highest BCUT2D eigenvalue weighted by molar-refractivity contribution is 5.60. The molecule has 1 heterocycles. The van der Waals surface area contributed by atoms with Gasteiger partial charge in [-0.1, -0.05) is 24.6 Å². The molecule has 1 spiro atoms. The van der Waals surface area contributed by atoms with Crippen LogP contribution in [0.1, 0.15) is 36.8 Å². The first-order chi connectivity index (χ1) is 9.74. The molecule has 0 amide bonds. The minimum Gasteiger partial charge on any atom is -0.493 e. The Morgan fingerprint density at radius 1 is 1.35 bits per heavy atom. The molecule has 0 saturated heterocycles. The molecule has 3 atom stereocenters. The van der Waals surface area contributed by atoms with E-state index in [-0.39, 0.29) is 11.5 Å². The van der Waals surface area contributed by atoms with Gasteiger partial charge < -0.3 is 14.6 Å². The van der Waals surface area contributed by atoms with Crippen molar-refractivity contribution in [2.45, 2.75) is 49.7 Å². The summed E-state index contributed by atoms with van der Waals surface area (Å²) in [5.74, 6) is 1.73. The second-order valence-electron chi connectivity index (χ2n) is 6.15. The molecule has 0 radical (unpaired) electrons. The smallest absolute Gasteiger partial charge is 0.166 e. The van der Waals surface area contributed by atoms with Gasteiger partial charge in [-0.05, 0) is 30.9 Å². The summed E-state index contributed by atoms with van der Waals surface area (Å²) in [6.07, 6.45) is 9.13. The van der Waals surface area contributed by atoms with Gasteiger partial charge in [-0.15, -0.1) is 0 Å². The van der Waals surface area contributed by atoms with Gasteiger partial charge >= 0.3 is 0 Å². The van der Waals surface area contributed by atoms with E-state index in [1.54, 1.807) is 7.11 Å². The van der Waals surface area contributed by atoms with Crippen LogP contribution in [0.25, 0.3) is 0 Å². The molecule has 4 rings (SSSR count). The quantitative estimate of drug-likeness (QED) is 0.799. The van der Waals surface area contributed by atoms with Crippen molar-refractivity contribution in [3.8, 4) is 11.5 Å². The highest BCUT2D eigenvalue weighted by atomic mass is 16.5. The van der Waals surface area contributed by atoms with Crippen LogP contribution < -0.4 is 9.47 Å². The van der Waals surface area contributed by atoms with Crippen LogP contribution in [0, 0.1) is 0 Å². The lowest BCUT2D eigenvalue weighted by atomic mass is 9.69. The van der Waals surface area contributed by atoms with Crippen molar-refractivity contribution < 1.29 is 14.6 Å². The summed E-state index contributed by atoms with van der Waals surface area (Å²) in [6.45, 7) is 0. The van der Waals surface area contributed by atoms with Crippen LogP contribution in [0.2, 0.25) is 0 Å². The summed E-state index contributed by atoms with van der Waals surface area (Å²) in [4.78, 5) is 0. The number of benzene rings is 1. The van der Waals surface area contributed by atoms with Gasteiger partial charge in [0.2, 0.25) is 0 Å². The summed E-state index contributed by atoms with van der Waals surface area (Å²) in [6, 6.07) is 4.21. The van der Waals surface area contributed by atoms with Crippen molar-refractivity contribution in [2.24, 2.45) is 0 Å². The maximum absolute atomic E-state index is 9.93. The topological polar surface area (TPSA) is 38.7 Å². The van der Waals surface area contributed by atoms with E-state index in [9.17, 15) is 5.11 Å². The Morgan fingerprint density at radius 3 is 3.10 bits per heavy atom. The molecule has 106 valence electrons. The van der Waals surface area contributed by atoms with E-state index in [4.69, 9.17) is 9.47 Å². The van der Waals surface area contributed by atoms with E-state index in [1.165, 1.54) is 24.0 Å². The molecule has 3 heteroatoms. The average molecular weight is 272 g/mol. The van der Waals surface area contributed by atoms with Crippen molar-refractivity contribution in [2.75, 3.05) is 7.11 Å². The van der Waals surface area contributed by atoms with E-state index in [0.29, 0.717) is 6.42 Å². The van der Waals surface area contributed by atoms with E-state index >= 15 is 0 Å². The lowest BCUT2D eigenvalue weighted by Gasteiger charge is -2.35. The van der Waals surface area contributed by atoms with Gasteiger partial charge in [-0.2, -0.15) is 0 Å². The fourth-order valence-corrected chi connectivity index (χ4v) is 4.14. The number of hydrogen-bond donors (Lipinski definition) is 1. The summed E-state index contributed by atoms with van der Waals surface area (Å²) in [5, 5.41) is 9.93. The van der Waals surface area contributed by atoms with E-state index in [2.05, 4.69) is 12.1 Å². The van der Waals surface area contributed by atoms with Crippen molar-refractivity contribution in [3.05, 3.63) is 35.4 Å². The molecule has 3 nitrogen and oxygen atoms in total. The maximum atomic E-state index is 9.93.